The van der Waals surface area contributed by atoms with Gasteiger partial charge in [-0.15, -0.1) is 0 Å². The quantitative estimate of drug-likeness (QED) is 0.536. The maximum atomic E-state index is 13.4. The number of halogens is 1. The second-order valence-corrected chi connectivity index (χ2v) is 10.3. The van der Waals surface area contributed by atoms with E-state index in [1.54, 1.807) is 36.4 Å². The van der Waals surface area contributed by atoms with Crippen molar-refractivity contribution in [2.75, 3.05) is 24.1 Å². The molecular weight excluding hydrogens is 455 g/mol. The van der Waals surface area contributed by atoms with E-state index in [0.29, 0.717) is 22.5 Å². The van der Waals surface area contributed by atoms with Gasteiger partial charge in [-0.2, -0.15) is 0 Å². The molecule has 2 heterocycles. The van der Waals surface area contributed by atoms with Crippen molar-refractivity contribution in [3.63, 3.8) is 0 Å². The summed E-state index contributed by atoms with van der Waals surface area (Å²) in [5.41, 5.74) is 3.41. The third-order valence-corrected chi connectivity index (χ3v) is 6.34. The van der Waals surface area contributed by atoms with Crippen LogP contribution in [0.25, 0.3) is 11.3 Å². The molecule has 1 amide bonds. The standard InChI is InChI=1S/C25H27FN4O3S/c1-34(32,33)29-23-8-5-18(6-9-23)17-30-13-11-22(12-14-30)28-25(31)20-7-10-24(27-16-20)19-3-2-4-21(26)15-19/h2-10,15-16,22,29H,11-14,17H2,1H3,(H,28,31). The van der Waals surface area contributed by atoms with Crippen LogP contribution in [0, 0.1) is 5.82 Å². The number of anilines is 1. The molecule has 3 aromatic rings. The summed E-state index contributed by atoms with van der Waals surface area (Å²) in [7, 11) is -3.28. The first-order valence-electron chi connectivity index (χ1n) is 11.1. The van der Waals surface area contributed by atoms with Crippen LogP contribution in [0.15, 0.2) is 66.9 Å². The fourth-order valence-corrected chi connectivity index (χ4v) is 4.57. The van der Waals surface area contributed by atoms with Gasteiger partial charge in [0.05, 0.1) is 17.5 Å². The van der Waals surface area contributed by atoms with Crippen LogP contribution in [0.4, 0.5) is 10.1 Å². The first-order chi connectivity index (χ1) is 16.2. The molecule has 2 aromatic carbocycles. The molecule has 1 aliphatic rings. The van der Waals surface area contributed by atoms with Gasteiger partial charge in [0.15, 0.2) is 0 Å². The number of piperidine rings is 1. The number of sulfonamides is 1. The summed E-state index contributed by atoms with van der Waals surface area (Å²) in [4.78, 5) is 19.3. The highest BCUT2D eigenvalue weighted by Gasteiger charge is 2.21. The second kappa shape index (κ2) is 10.3. The van der Waals surface area contributed by atoms with Gasteiger partial charge in [-0.3, -0.25) is 19.4 Å². The third kappa shape index (κ3) is 6.61. The third-order valence-electron chi connectivity index (χ3n) is 5.73. The summed E-state index contributed by atoms with van der Waals surface area (Å²) in [6.07, 6.45) is 4.33. The first-order valence-corrected chi connectivity index (χ1v) is 13.0. The average molecular weight is 483 g/mol. The topological polar surface area (TPSA) is 91.4 Å². The van der Waals surface area contributed by atoms with Gasteiger partial charge in [-0.1, -0.05) is 24.3 Å². The van der Waals surface area contributed by atoms with Gasteiger partial charge in [0, 0.05) is 43.1 Å². The molecule has 1 fully saturated rings. The Bertz CT molecular complexity index is 1240. The molecule has 1 aliphatic heterocycles. The molecule has 0 bridgehead atoms. The average Bonchev–Trinajstić information content (AvgIpc) is 2.81. The Morgan fingerprint density at radius 1 is 1.09 bits per heavy atom. The maximum absolute atomic E-state index is 13.4. The van der Waals surface area contributed by atoms with Gasteiger partial charge >= 0.3 is 0 Å². The second-order valence-electron chi connectivity index (χ2n) is 8.54. The van der Waals surface area contributed by atoms with E-state index in [1.165, 1.54) is 18.3 Å². The molecule has 178 valence electrons. The normalized spacial score (nSPS) is 15.1. The number of pyridine rings is 1. The Hall–Kier alpha value is -3.30. The number of aromatic nitrogens is 1. The largest absolute Gasteiger partial charge is 0.349 e. The Morgan fingerprint density at radius 2 is 1.82 bits per heavy atom. The SMILES string of the molecule is CS(=O)(=O)Nc1ccc(CN2CCC(NC(=O)c3ccc(-c4cccc(F)c4)nc3)CC2)cc1. The molecule has 7 nitrogen and oxygen atoms in total. The number of carbonyl (C=O) groups is 1. The fourth-order valence-electron chi connectivity index (χ4n) is 4.00. The van der Waals surface area contributed by atoms with Crippen molar-refractivity contribution in [3.8, 4) is 11.3 Å². The number of hydrogen-bond donors (Lipinski definition) is 2. The minimum absolute atomic E-state index is 0.0907. The van der Waals surface area contributed by atoms with E-state index in [-0.39, 0.29) is 17.8 Å². The van der Waals surface area contributed by atoms with Gasteiger partial charge in [0.1, 0.15) is 5.82 Å². The molecular formula is C25H27FN4O3S. The summed E-state index contributed by atoms with van der Waals surface area (Å²) in [5, 5.41) is 3.09. The number of carbonyl (C=O) groups excluding carboxylic acids is 1. The molecule has 2 N–H and O–H groups in total. The van der Waals surface area contributed by atoms with Crippen molar-refractivity contribution in [2.24, 2.45) is 0 Å². The van der Waals surface area contributed by atoms with E-state index in [4.69, 9.17) is 0 Å². The predicted octanol–water partition coefficient (Wildman–Crippen LogP) is 3.65. The van der Waals surface area contributed by atoms with Gasteiger partial charge in [0.2, 0.25) is 10.0 Å². The highest BCUT2D eigenvalue weighted by atomic mass is 32.2. The number of hydrogen-bond acceptors (Lipinski definition) is 5. The Kier molecular flexibility index (Phi) is 7.23. The summed E-state index contributed by atoms with van der Waals surface area (Å²) in [6, 6.07) is 17.1. The van der Waals surface area contributed by atoms with Crippen molar-refractivity contribution >= 4 is 21.6 Å². The number of likely N-dealkylation sites (tertiary alicyclic amines) is 1. The Labute approximate surface area is 199 Å². The van der Waals surface area contributed by atoms with Crippen molar-refractivity contribution in [1.29, 1.82) is 0 Å². The molecule has 0 spiro atoms. The predicted molar refractivity (Wildman–Crippen MR) is 130 cm³/mol. The van der Waals surface area contributed by atoms with Gasteiger partial charge in [-0.25, -0.2) is 12.8 Å². The zero-order valence-electron chi connectivity index (χ0n) is 18.9. The summed E-state index contributed by atoms with van der Waals surface area (Å²) < 4.78 is 38.5. The molecule has 0 aliphatic carbocycles. The van der Waals surface area contributed by atoms with Crippen LogP contribution >= 0.6 is 0 Å². The monoisotopic (exact) mass is 482 g/mol. The lowest BCUT2D eigenvalue weighted by Crippen LogP contribution is -2.44. The van der Waals surface area contributed by atoms with E-state index < -0.39 is 10.0 Å². The lowest BCUT2D eigenvalue weighted by molar-refractivity contribution is 0.0908. The smallest absolute Gasteiger partial charge is 0.253 e. The highest BCUT2D eigenvalue weighted by molar-refractivity contribution is 7.92. The molecule has 4 rings (SSSR count). The minimum atomic E-state index is -3.28. The lowest BCUT2D eigenvalue weighted by Gasteiger charge is -2.32. The zero-order chi connectivity index (χ0) is 24.1. The van der Waals surface area contributed by atoms with Crippen LogP contribution in [0.2, 0.25) is 0 Å². The molecule has 34 heavy (non-hydrogen) atoms. The van der Waals surface area contributed by atoms with E-state index in [9.17, 15) is 17.6 Å². The first kappa shape index (κ1) is 23.8. The number of nitrogens with one attached hydrogen (secondary N) is 2. The zero-order valence-corrected chi connectivity index (χ0v) is 19.7. The van der Waals surface area contributed by atoms with Gasteiger partial charge in [0.25, 0.3) is 5.91 Å². The van der Waals surface area contributed by atoms with Crippen molar-refractivity contribution in [2.45, 2.75) is 25.4 Å². The Morgan fingerprint density at radius 3 is 2.44 bits per heavy atom. The molecule has 9 heteroatoms. The van der Waals surface area contributed by atoms with Crippen molar-refractivity contribution in [1.82, 2.24) is 15.2 Å². The number of benzene rings is 2. The van der Waals surface area contributed by atoms with E-state index in [2.05, 4.69) is 19.9 Å². The van der Waals surface area contributed by atoms with E-state index >= 15 is 0 Å². The van der Waals surface area contributed by atoms with Crippen LogP contribution in [0.5, 0.6) is 0 Å². The summed E-state index contributed by atoms with van der Waals surface area (Å²) >= 11 is 0. The fraction of sp³-hybridized carbons (Fsp3) is 0.280. The van der Waals surface area contributed by atoms with Crippen molar-refractivity contribution in [3.05, 3.63) is 83.8 Å². The Balaban J connectivity index is 1.25. The number of amides is 1. The number of rotatable bonds is 7. The van der Waals surface area contributed by atoms with Crippen LogP contribution in [-0.4, -0.2) is 49.6 Å². The van der Waals surface area contributed by atoms with E-state index in [0.717, 1.165) is 44.3 Å². The molecule has 0 radical (unpaired) electrons. The van der Waals surface area contributed by atoms with Crippen molar-refractivity contribution < 1.29 is 17.6 Å². The minimum Gasteiger partial charge on any atom is -0.349 e. The van der Waals surface area contributed by atoms with Gasteiger partial charge < -0.3 is 5.32 Å². The van der Waals surface area contributed by atoms with Crippen LogP contribution < -0.4 is 10.0 Å². The van der Waals surface area contributed by atoms with Crippen LogP contribution in [-0.2, 0) is 16.6 Å². The number of nitrogens with zero attached hydrogens (tertiary/aromatic N) is 2. The molecule has 0 atom stereocenters. The summed E-state index contributed by atoms with van der Waals surface area (Å²) in [5.74, 6) is -0.487. The molecule has 0 unspecified atom stereocenters. The molecule has 1 aromatic heterocycles. The maximum Gasteiger partial charge on any atom is 0.253 e. The summed E-state index contributed by atoms with van der Waals surface area (Å²) in [6.45, 7) is 2.47. The van der Waals surface area contributed by atoms with Gasteiger partial charge in [-0.05, 0) is 54.8 Å². The van der Waals surface area contributed by atoms with E-state index in [1.807, 2.05) is 12.1 Å². The molecule has 1 saturated heterocycles. The van der Waals surface area contributed by atoms with Crippen LogP contribution in [0.3, 0.4) is 0 Å². The highest BCUT2D eigenvalue weighted by Crippen LogP contribution is 2.19. The van der Waals surface area contributed by atoms with Crippen LogP contribution in [0.1, 0.15) is 28.8 Å². The molecule has 0 saturated carbocycles. The lowest BCUT2D eigenvalue weighted by atomic mass is 10.0.